The van der Waals surface area contributed by atoms with E-state index in [0.29, 0.717) is 23.0 Å². The zero-order valence-electron chi connectivity index (χ0n) is 15.5. The third-order valence-corrected chi connectivity index (χ3v) is 6.19. The van der Waals surface area contributed by atoms with Crippen molar-refractivity contribution in [2.45, 2.75) is 51.0 Å². The molecule has 27 heavy (non-hydrogen) atoms. The van der Waals surface area contributed by atoms with Gasteiger partial charge in [0.05, 0.1) is 11.9 Å². The molecular formula is C21H25N5O. The van der Waals surface area contributed by atoms with E-state index in [0.717, 1.165) is 18.2 Å². The molecule has 3 aromatic rings. The number of rotatable bonds is 3. The van der Waals surface area contributed by atoms with E-state index in [1.165, 1.54) is 44.9 Å². The highest BCUT2D eigenvalue weighted by molar-refractivity contribution is 5.76. The lowest BCUT2D eigenvalue weighted by Crippen LogP contribution is -2.38. The quantitative estimate of drug-likeness (QED) is 0.771. The van der Waals surface area contributed by atoms with Crippen molar-refractivity contribution in [3.63, 3.8) is 0 Å². The highest BCUT2D eigenvalue weighted by Crippen LogP contribution is 2.35. The van der Waals surface area contributed by atoms with Crippen LogP contribution in [-0.4, -0.2) is 32.3 Å². The molecule has 1 atom stereocenters. The molecule has 0 spiro atoms. The number of anilines is 1. The zero-order valence-corrected chi connectivity index (χ0v) is 15.5. The monoisotopic (exact) mass is 363 g/mol. The van der Waals surface area contributed by atoms with Gasteiger partial charge in [-0.05, 0) is 43.7 Å². The van der Waals surface area contributed by atoms with E-state index in [4.69, 9.17) is 4.98 Å². The van der Waals surface area contributed by atoms with Crippen LogP contribution in [-0.2, 0) is 0 Å². The fourth-order valence-electron chi connectivity index (χ4n) is 4.87. The zero-order chi connectivity index (χ0) is 18.2. The number of benzene rings is 1. The van der Waals surface area contributed by atoms with E-state index < -0.39 is 0 Å². The summed E-state index contributed by atoms with van der Waals surface area (Å²) < 4.78 is 1.76. The van der Waals surface area contributed by atoms with Crippen LogP contribution in [0.3, 0.4) is 0 Å². The van der Waals surface area contributed by atoms with Gasteiger partial charge in [-0.15, -0.1) is 0 Å². The van der Waals surface area contributed by atoms with Crippen molar-refractivity contribution in [3.05, 3.63) is 46.9 Å². The van der Waals surface area contributed by atoms with Crippen LogP contribution in [0.2, 0.25) is 0 Å². The molecule has 2 aliphatic rings. The summed E-state index contributed by atoms with van der Waals surface area (Å²) in [5, 5.41) is 4.96. The molecule has 2 aromatic heterocycles. The van der Waals surface area contributed by atoms with Gasteiger partial charge >= 0.3 is 0 Å². The van der Waals surface area contributed by atoms with E-state index in [1.807, 2.05) is 30.3 Å². The molecule has 0 amide bonds. The maximum atomic E-state index is 12.7. The number of hydrogen-bond donors (Lipinski definition) is 1. The molecule has 6 nitrogen and oxygen atoms in total. The average Bonchev–Trinajstić information content (AvgIpc) is 3.37. The maximum Gasteiger partial charge on any atom is 0.263 e. The molecule has 2 fully saturated rings. The molecule has 1 unspecified atom stereocenters. The number of H-pyrrole nitrogens is 1. The van der Waals surface area contributed by atoms with Crippen molar-refractivity contribution >= 4 is 17.0 Å². The first kappa shape index (κ1) is 16.5. The lowest BCUT2D eigenvalue weighted by molar-refractivity contribution is 0.303. The number of nitrogens with one attached hydrogen (secondary N) is 1. The second-order valence-electron chi connectivity index (χ2n) is 7.82. The summed E-state index contributed by atoms with van der Waals surface area (Å²) in [4.78, 5) is 23.0. The van der Waals surface area contributed by atoms with E-state index >= 15 is 0 Å². The van der Waals surface area contributed by atoms with Gasteiger partial charge in [0, 0.05) is 12.6 Å². The van der Waals surface area contributed by atoms with Gasteiger partial charge in [-0.2, -0.15) is 10.1 Å². The average molecular weight is 363 g/mol. The fraction of sp³-hybridized carbons (Fsp3) is 0.476. The van der Waals surface area contributed by atoms with Gasteiger partial charge in [-0.1, -0.05) is 37.5 Å². The van der Waals surface area contributed by atoms with Gasteiger partial charge in [-0.3, -0.25) is 9.78 Å². The van der Waals surface area contributed by atoms with E-state index in [2.05, 4.69) is 15.0 Å². The third kappa shape index (κ3) is 2.93. The molecule has 1 aliphatic heterocycles. The predicted molar refractivity (Wildman–Crippen MR) is 106 cm³/mol. The molecule has 6 heteroatoms. The minimum absolute atomic E-state index is 0.105. The first-order chi connectivity index (χ1) is 13.3. The topological polar surface area (TPSA) is 66.8 Å². The molecule has 3 heterocycles. The van der Waals surface area contributed by atoms with Gasteiger partial charge in [0.1, 0.15) is 5.39 Å². The molecule has 1 aliphatic carbocycles. The summed E-state index contributed by atoms with van der Waals surface area (Å²) in [6, 6.07) is 10.4. The SMILES string of the molecule is O=c1[nH]c(N2CCCC2C2CCCCC2)nc2c1cnn2-c1ccccc1. The van der Waals surface area contributed by atoms with Gasteiger partial charge in [0.25, 0.3) is 5.56 Å². The van der Waals surface area contributed by atoms with Crippen molar-refractivity contribution in [3.8, 4) is 5.69 Å². The van der Waals surface area contributed by atoms with Crippen LogP contribution in [0.4, 0.5) is 5.95 Å². The molecule has 1 N–H and O–H groups in total. The van der Waals surface area contributed by atoms with Gasteiger partial charge in [-0.25, -0.2) is 4.68 Å². The fourth-order valence-corrected chi connectivity index (χ4v) is 4.87. The van der Waals surface area contributed by atoms with E-state index in [9.17, 15) is 4.79 Å². The predicted octanol–water partition coefficient (Wildman–Crippen LogP) is 3.66. The highest BCUT2D eigenvalue weighted by Gasteiger charge is 2.34. The Kier molecular flexibility index (Phi) is 4.19. The Labute approximate surface area is 158 Å². The summed E-state index contributed by atoms with van der Waals surface area (Å²) in [6.07, 6.45) is 10.6. The summed E-state index contributed by atoms with van der Waals surface area (Å²) in [5.74, 6) is 1.43. The lowest BCUT2D eigenvalue weighted by Gasteiger charge is -2.34. The number of hydrogen-bond acceptors (Lipinski definition) is 4. The normalized spacial score (nSPS) is 21.2. The van der Waals surface area contributed by atoms with Gasteiger partial charge < -0.3 is 4.90 Å². The Hall–Kier alpha value is -2.63. The van der Waals surface area contributed by atoms with Crippen LogP contribution in [0.1, 0.15) is 44.9 Å². The second-order valence-corrected chi connectivity index (χ2v) is 7.82. The Morgan fingerprint density at radius 2 is 1.81 bits per heavy atom. The van der Waals surface area contributed by atoms with Crippen molar-refractivity contribution in [2.75, 3.05) is 11.4 Å². The van der Waals surface area contributed by atoms with Crippen LogP contribution in [0.15, 0.2) is 41.3 Å². The van der Waals surface area contributed by atoms with E-state index in [-0.39, 0.29) is 5.56 Å². The van der Waals surface area contributed by atoms with Crippen LogP contribution in [0.5, 0.6) is 0 Å². The minimum atomic E-state index is -0.105. The van der Waals surface area contributed by atoms with Crippen molar-refractivity contribution in [2.24, 2.45) is 5.92 Å². The van der Waals surface area contributed by atoms with Crippen molar-refractivity contribution < 1.29 is 0 Å². The summed E-state index contributed by atoms with van der Waals surface area (Å²) in [6.45, 7) is 0.967. The maximum absolute atomic E-state index is 12.7. The number of para-hydroxylation sites is 1. The second kappa shape index (κ2) is 6.83. The molecule has 0 radical (unpaired) electrons. The minimum Gasteiger partial charge on any atom is -0.339 e. The largest absolute Gasteiger partial charge is 0.339 e. The Morgan fingerprint density at radius 1 is 1.00 bits per heavy atom. The van der Waals surface area contributed by atoms with Gasteiger partial charge in [0.2, 0.25) is 5.95 Å². The standard InChI is InChI=1S/C21H25N5O/c27-20-17-14-22-26(16-10-5-2-6-11-16)19(17)23-21(24-20)25-13-7-12-18(25)15-8-3-1-4-9-15/h2,5-6,10-11,14-15,18H,1,3-4,7-9,12-13H2,(H,23,24,27). The van der Waals surface area contributed by atoms with Crippen molar-refractivity contribution in [1.82, 2.24) is 19.7 Å². The Morgan fingerprint density at radius 3 is 2.63 bits per heavy atom. The number of nitrogens with zero attached hydrogens (tertiary/aromatic N) is 4. The van der Waals surface area contributed by atoms with Crippen LogP contribution in [0.25, 0.3) is 16.7 Å². The lowest BCUT2D eigenvalue weighted by atomic mass is 9.83. The van der Waals surface area contributed by atoms with Gasteiger partial charge in [0.15, 0.2) is 5.65 Å². The molecular weight excluding hydrogens is 338 g/mol. The highest BCUT2D eigenvalue weighted by atomic mass is 16.1. The molecule has 0 bridgehead atoms. The Balaban J connectivity index is 1.56. The van der Waals surface area contributed by atoms with Crippen LogP contribution < -0.4 is 10.5 Å². The molecule has 140 valence electrons. The van der Waals surface area contributed by atoms with Crippen LogP contribution >= 0.6 is 0 Å². The third-order valence-electron chi connectivity index (χ3n) is 6.19. The first-order valence-corrected chi connectivity index (χ1v) is 10.1. The molecule has 5 rings (SSSR count). The smallest absolute Gasteiger partial charge is 0.263 e. The molecule has 1 saturated carbocycles. The Bertz CT molecular complexity index is 987. The van der Waals surface area contributed by atoms with Crippen LogP contribution in [0, 0.1) is 5.92 Å². The first-order valence-electron chi connectivity index (χ1n) is 10.1. The van der Waals surface area contributed by atoms with E-state index in [1.54, 1.807) is 10.9 Å². The van der Waals surface area contributed by atoms with Crippen molar-refractivity contribution in [1.29, 1.82) is 0 Å². The summed E-state index contributed by atoms with van der Waals surface area (Å²) >= 11 is 0. The number of aromatic amines is 1. The number of aromatic nitrogens is 4. The summed E-state index contributed by atoms with van der Waals surface area (Å²) in [7, 11) is 0. The molecule has 1 saturated heterocycles. The molecule has 1 aromatic carbocycles. The summed E-state index contributed by atoms with van der Waals surface area (Å²) in [5.41, 5.74) is 1.45. The number of fused-ring (bicyclic) bond motifs is 1.